The summed E-state index contributed by atoms with van der Waals surface area (Å²) in [7, 11) is 0. The fourth-order valence-corrected chi connectivity index (χ4v) is 2.28. The number of thioether (sulfide) groups is 1. The Morgan fingerprint density at radius 2 is 2.31 bits per heavy atom. The number of anilines is 1. The van der Waals surface area contributed by atoms with Crippen molar-refractivity contribution in [3.05, 3.63) is 34.9 Å². The van der Waals surface area contributed by atoms with E-state index in [0.29, 0.717) is 28.2 Å². The standard InChI is InChI=1S/C10H10ClN3OS/c1-6-13-10(15-14-6)5-16-9-3-2-7(12)4-8(9)11/h2-4H,5,12H2,1H3. The second kappa shape index (κ2) is 4.76. The van der Waals surface area contributed by atoms with Crippen LogP contribution < -0.4 is 5.73 Å². The van der Waals surface area contributed by atoms with Crippen LogP contribution in [0.25, 0.3) is 0 Å². The lowest BCUT2D eigenvalue weighted by molar-refractivity contribution is 0.387. The van der Waals surface area contributed by atoms with Gasteiger partial charge in [0.1, 0.15) is 0 Å². The van der Waals surface area contributed by atoms with Crippen molar-refractivity contribution in [2.24, 2.45) is 0 Å². The van der Waals surface area contributed by atoms with Gasteiger partial charge in [0.2, 0.25) is 5.89 Å². The van der Waals surface area contributed by atoms with E-state index in [1.54, 1.807) is 13.0 Å². The van der Waals surface area contributed by atoms with Crippen molar-refractivity contribution in [1.29, 1.82) is 0 Å². The number of hydrogen-bond donors (Lipinski definition) is 1. The van der Waals surface area contributed by atoms with E-state index in [1.807, 2.05) is 12.1 Å². The summed E-state index contributed by atoms with van der Waals surface area (Å²) in [6.07, 6.45) is 0. The molecule has 1 aromatic carbocycles. The highest BCUT2D eigenvalue weighted by Gasteiger charge is 2.06. The lowest BCUT2D eigenvalue weighted by atomic mass is 10.3. The van der Waals surface area contributed by atoms with Gasteiger partial charge in [-0.15, -0.1) is 11.8 Å². The topological polar surface area (TPSA) is 64.9 Å². The smallest absolute Gasteiger partial charge is 0.236 e. The molecular weight excluding hydrogens is 246 g/mol. The van der Waals surface area contributed by atoms with Crippen LogP contribution in [0.1, 0.15) is 11.7 Å². The predicted molar refractivity (Wildman–Crippen MR) is 64.5 cm³/mol. The van der Waals surface area contributed by atoms with Gasteiger partial charge in [-0.05, 0) is 25.1 Å². The summed E-state index contributed by atoms with van der Waals surface area (Å²) in [5.74, 6) is 1.83. The zero-order valence-corrected chi connectivity index (χ0v) is 10.2. The molecule has 2 rings (SSSR count). The van der Waals surface area contributed by atoms with Crippen LogP contribution in [0.4, 0.5) is 5.69 Å². The number of benzene rings is 1. The highest BCUT2D eigenvalue weighted by molar-refractivity contribution is 7.98. The van der Waals surface area contributed by atoms with Crippen LogP contribution in [0.15, 0.2) is 27.6 Å². The minimum Gasteiger partial charge on any atom is -0.399 e. The number of aromatic nitrogens is 2. The number of nitrogens with two attached hydrogens (primary N) is 1. The van der Waals surface area contributed by atoms with E-state index in [1.165, 1.54) is 11.8 Å². The van der Waals surface area contributed by atoms with Gasteiger partial charge in [0.15, 0.2) is 5.82 Å². The molecule has 0 saturated carbocycles. The maximum atomic E-state index is 6.03. The molecule has 0 saturated heterocycles. The molecule has 2 aromatic rings. The number of nitrogens with zero attached hydrogens (tertiary/aromatic N) is 2. The van der Waals surface area contributed by atoms with Crippen LogP contribution in [-0.2, 0) is 5.75 Å². The molecule has 0 aliphatic carbocycles. The SMILES string of the molecule is Cc1noc(CSc2ccc(N)cc2Cl)n1. The summed E-state index contributed by atoms with van der Waals surface area (Å²) in [6, 6.07) is 5.42. The predicted octanol–water partition coefficient (Wildman–Crippen LogP) is 2.91. The second-order valence-corrected chi connectivity index (χ2v) is 4.64. The minimum absolute atomic E-state index is 0.593. The van der Waals surface area contributed by atoms with Crippen LogP contribution in [0.5, 0.6) is 0 Å². The Labute approximate surface area is 102 Å². The Balaban J connectivity index is 2.04. The Bertz CT molecular complexity index is 501. The molecule has 0 spiro atoms. The first-order valence-corrected chi connectivity index (χ1v) is 5.98. The summed E-state index contributed by atoms with van der Waals surface area (Å²) in [4.78, 5) is 5.06. The van der Waals surface area contributed by atoms with Gasteiger partial charge in [-0.2, -0.15) is 4.98 Å². The lowest BCUT2D eigenvalue weighted by Crippen LogP contribution is -1.86. The number of halogens is 1. The number of rotatable bonds is 3. The zero-order valence-electron chi connectivity index (χ0n) is 8.61. The molecule has 16 heavy (non-hydrogen) atoms. The fourth-order valence-electron chi connectivity index (χ4n) is 1.17. The Hall–Kier alpha value is -1.20. The van der Waals surface area contributed by atoms with E-state index in [4.69, 9.17) is 21.9 Å². The molecule has 0 aliphatic heterocycles. The van der Waals surface area contributed by atoms with Gasteiger partial charge in [0.25, 0.3) is 0 Å². The van der Waals surface area contributed by atoms with Crippen molar-refractivity contribution in [2.75, 3.05) is 5.73 Å². The molecule has 1 aromatic heterocycles. The van der Waals surface area contributed by atoms with E-state index < -0.39 is 0 Å². The fraction of sp³-hybridized carbons (Fsp3) is 0.200. The van der Waals surface area contributed by atoms with Gasteiger partial charge >= 0.3 is 0 Å². The molecule has 0 amide bonds. The molecule has 4 nitrogen and oxygen atoms in total. The van der Waals surface area contributed by atoms with E-state index >= 15 is 0 Å². The summed E-state index contributed by atoms with van der Waals surface area (Å²) in [5, 5.41) is 4.35. The third kappa shape index (κ3) is 2.68. The molecular formula is C10H10ClN3OS. The molecule has 0 bridgehead atoms. The molecule has 0 fully saturated rings. The maximum Gasteiger partial charge on any atom is 0.236 e. The van der Waals surface area contributed by atoms with Crippen molar-refractivity contribution < 1.29 is 4.52 Å². The van der Waals surface area contributed by atoms with Crippen molar-refractivity contribution >= 4 is 29.1 Å². The maximum absolute atomic E-state index is 6.03. The second-order valence-electron chi connectivity index (χ2n) is 3.21. The third-order valence-electron chi connectivity index (χ3n) is 1.88. The Kier molecular flexibility index (Phi) is 3.36. The molecule has 6 heteroatoms. The number of aryl methyl sites for hydroxylation is 1. The third-order valence-corrected chi connectivity index (χ3v) is 3.36. The van der Waals surface area contributed by atoms with Crippen LogP contribution in [0, 0.1) is 6.92 Å². The summed E-state index contributed by atoms with van der Waals surface area (Å²) < 4.78 is 5.00. The van der Waals surface area contributed by atoms with Gasteiger partial charge in [-0.25, -0.2) is 0 Å². The quantitative estimate of drug-likeness (QED) is 0.675. The molecule has 0 unspecified atom stereocenters. The van der Waals surface area contributed by atoms with E-state index in [2.05, 4.69) is 10.1 Å². The largest absolute Gasteiger partial charge is 0.399 e. The van der Waals surface area contributed by atoms with Crippen LogP contribution in [-0.4, -0.2) is 10.1 Å². The highest BCUT2D eigenvalue weighted by atomic mass is 35.5. The average Bonchev–Trinajstić information content (AvgIpc) is 2.63. The summed E-state index contributed by atoms with van der Waals surface area (Å²) in [6.45, 7) is 1.79. The van der Waals surface area contributed by atoms with Gasteiger partial charge in [0, 0.05) is 10.6 Å². The van der Waals surface area contributed by atoms with Crippen LogP contribution in [0.3, 0.4) is 0 Å². The van der Waals surface area contributed by atoms with Crippen molar-refractivity contribution in [2.45, 2.75) is 17.6 Å². The molecule has 1 heterocycles. The van der Waals surface area contributed by atoms with E-state index in [-0.39, 0.29) is 0 Å². The first-order valence-electron chi connectivity index (χ1n) is 4.62. The van der Waals surface area contributed by atoms with Crippen LogP contribution >= 0.6 is 23.4 Å². The number of hydrogen-bond acceptors (Lipinski definition) is 5. The summed E-state index contributed by atoms with van der Waals surface area (Å²) in [5.41, 5.74) is 6.26. The van der Waals surface area contributed by atoms with Crippen molar-refractivity contribution in [1.82, 2.24) is 10.1 Å². The zero-order chi connectivity index (χ0) is 11.5. The summed E-state index contributed by atoms with van der Waals surface area (Å²) >= 11 is 7.57. The van der Waals surface area contributed by atoms with E-state index in [9.17, 15) is 0 Å². The number of nitrogen functional groups attached to an aromatic ring is 1. The van der Waals surface area contributed by atoms with Crippen molar-refractivity contribution in [3.8, 4) is 0 Å². The van der Waals surface area contributed by atoms with Gasteiger partial charge < -0.3 is 10.3 Å². The molecule has 2 N–H and O–H groups in total. The van der Waals surface area contributed by atoms with Gasteiger partial charge in [0.05, 0.1) is 10.8 Å². The minimum atomic E-state index is 0.593. The van der Waals surface area contributed by atoms with Gasteiger partial charge in [-0.1, -0.05) is 16.8 Å². The first kappa shape index (κ1) is 11.3. The average molecular weight is 256 g/mol. The molecule has 0 radical (unpaired) electrons. The molecule has 0 atom stereocenters. The molecule has 0 aliphatic rings. The lowest BCUT2D eigenvalue weighted by Gasteiger charge is -2.02. The highest BCUT2D eigenvalue weighted by Crippen LogP contribution is 2.30. The normalized spacial score (nSPS) is 10.6. The Morgan fingerprint density at radius 1 is 1.50 bits per heavy atom. The Morgan fingerprint density at radius 3 is 2.94 bits per heavy atom. The van der Waals surface area contributed by atoms with Crippen LogP contribution in [0.2, 0.25) is 5.02 Å². The monoisotopic (exact) mass is 255 g/mol. The van der Waals surface area contributed by atoms with E-state index in [0.717, 1.165) is 4.90 Å². The molecule has 84 valence electrons. The van der Waals surface area contributed by atoms with Crippen molar-refractivity contribution in [3.63, 3.8) is 0 Å². The van der Waals surface area contributed by atoms with Gasteiger partial charge in [-0.3, -0.25) is 0 Å². The first-order chi connectivity index (χ1) is 7.65.